The Kier molecular flexibility index (Phi) is 37.5. The van der Waals surface area contributed by atoms with Crippen LogP contribution in [-0.4, -0.2) is 36.4 Å². The van der Waals surface area contributed by atoms with Gasteiger partial charge in [-0.3, -0.25) is 9.59 Å². The van der Waals surface area contributed by atoms with Crippen molar-refractivity contribution in [3.63, 3.8) is 0 Å². The van der Waals surface area contributed by atoms with E-state index in [4.69, 9.17) is 9.47 Å². The number of hydrogen-bond donors (Lipinski definition) is 1. The Morgan fingerprint density at radius 1 is 0.500 bits per heavy atom. The molecule has 278 valence electrons. The fraction of sp³-hybridized carbons (Fsp3) is 0.767. The lowest BCUT2D eigenvalue weighted by Crippen LogP contribution is -2.28. The minimum absolute atomic E-state index is 0.0742. The van der Waals surface area contributed by atoms with E-state index < -0.39 is 6.10 Å². The van der Waals surface area contributed by atoms with Crippen LogP contribution in [0.3, 0.4) is 0 Å². The molecule has 0 radical (unpaired) electrons. The van der Waals surface area contributed by atoms with Crippen LogP contribution >= 0.6 is 0 Å². The Morgan fingerprint density at radius 3 is 1.38 bits per heavy atom. The maximum absolute atomic E-state index is 12.2. The molecule has 0 fully saturated rings. The summed E-state index contributed by atoms with van der Waals surface area (Å²) in [7, 11) is 0. The molecule has 0 aromatic rings. The third-order valence-electron chi connectivity index (χ3n) is 8.61. The molecule has 0 aliphatic heterocycles. The van der Waals surface area contributed by atoms with E-state index in [1.807, 2.05) is 0 Å². The summed E-state index contributed by atoms with van der Waals surface area (Å²) in [6, 6.07) is 0. The Bertz CT molecular complexity index is 812. The summed E-state index contributed by atoms with van der Waals surface area (Å²) in [5.74, 6) is -0.612. The van der Waals surface area contributed by atoms with E-state index in [9.17, 15) is 14.7 Å². The number of unbranched alkanes of at least 4 members (excludes halogenated alkanes) is 20. The Morgan fingerprint density at radius 2 is 0.896 bits per heavy atom. The predicted octanol–water partition coefficient (Wildman–Crippen LogP) is 12.6. The van der Waals surface area contributed by atoms with Gasteiger partial charge in [0.1, 0.15) is 6.61 Å². The highest BCUT2D eigenvalue weighted by Crippen LogP contribution is 2.13. The van der Waals surface area contributed by atoms with E-state index in [-0.39, 0.29) is 25.2 Å². The van der Waals surface area contributed by atoms with Crippen LogP contribution in [0.25, 0.3) is 0 Å². The van der Waals surface area contributed by atoms with Gasteiger partial charge in [-0.05, 0) is 70.6 Å². The first-order valence-electron chi connectivity index (χ1n) is 20.2. The summed E-state index contributed by atoms with van der Waals surface area (Å²) in [6.45, 7) is 4.01. The van der Waals surface area contributed by atoms with Crippen LogP contribution in [0.1, 0.15) is 194 Å². The first-order chi connectivity index (χ1) is 23.6. The molecule has 1 N–H and O–H groups in total. The molecule has 0 aliphatic carbocycles. The first-order valence-corrected chi connectivity index (χ1v) is 20.2. The summed E-state index contributed by atoms with van der Waals surface area (Å²) in [6.07, 6.45) is 48.9. The summed E-state index contributed by atoms with van der Waals surface area (Å²) in [5.41, 5.74) is 0. The van der Waals surface area contributed by atoms with Gasteiger partial charge >= 0.3 is 11.9 Å². The Labute approximate surface area is 297 Å². The fourth-order valence-corrected chi connectivity index (χ4v) is 5.56. The van der Waals surface area contributed by atoms with Gasteiger partial charge in [-0.25, -0.2) is 0 Å². The molecule has 0 heterocycles. The number of hydrogen-bond acceptors (Lipinski definition) is 5. The van der Waals surface area contributed by atoms with Gasteiger partial charge in [-0.1, -0.05) is 159 Å². The van der Waals surface area contributed by atoms with E-state index in [1.165, 1.54) is 96.3 Å². The number of carbonyl (C=O) groups excluding carboxylic acids is 2. The molecule has 0 amide bonds. The van der Waals surface area contributed by atoms with Crippen molar-refractivity contribution in [2.24, 2.45) is 0 Å². The van der Waals surface area contributed by atoms with Gasteiger partial charge < -0.3 is 14.6 Å². The summed E-state index contributed by atoms with van der Waals surface area (Å²) >= 11 is 0. The van der Waals surface area contributed by atoms with Crippen LogP contribution in [0.15, 0.2) is 48.6 Å². The van der Waals surface area contributed by atoms with Crippen molar-refractivity contribution in [3.05, 3.63) is 48.6 Å². The maximum atomic E-state index is 12.2. The molecule has 5 nitrogen and oxygen atoms in total. The Hall–Kier alpha value is -2.14. The molecule has 0 saturated carbocycles. The van der Waals surface area contributed by atoms with Crippen LogP contribution in [0.5, 0.6) is 0 Å². The van der Waals surface area contributed by atoms with Gasteiger partial charge in [-0.15, -0.1) is 0 Å². The highest BCUT2D eigenvalue weighted by atomic mass is 16.6. The Balaban J connectivity index is 3.56. The zero-order valence-corrected chi connectivity index (χ0v) is 31.5. The molecule has 0 saturated heterocycles. The lowest BCUT2D eigenvalue weighted by Gasteiger charge is -2.15. The first kappa shape index (κ1) is 45.9. The lowest BCUT2D eigenvalue weighted by molar-refractivity contribution is -0.161. The van der Waals surface area contributed by atoms with E-state index in [0.29, 0.717) is 12.8 Å². The second-order valence-electron chi connectivity index (χ2n) is 13.3. The number of carbonyl (C=O) groups is 2. The molecule has 48 heavy (non-hydrogen) atoms. The minimum Gasteiger partial charge on any atom is -0.462 e. The fourth-order valence-electron chi connectivity index (χ4n) is 5.56. The number of allylic oxidation sites excluding steroid dienone is 8. The van der Waals surface area contributed by atoms with Crippen molar-refractivity contribution in [1.82, 2.24) is 0 Å². The SMILES string of the molecule is CC/C=C\C/C=C\C/C=C\CCCCCCCC(=O)O[C@@H](CO)COC(=O)CCCCCCCCCCC/C=C\CCCCCCCC. The molecular weight excluding hydrogens is 596 g/mol. The van der Waals surface area contributed by atoms with Gasteiger partial charge in [0.25, 0.3) is 0 Å². The highest BCUT2D eigenvalue weighted by Gasteiger charge is 2.16. The van der Waals surface area contributed by atoms with Crippen molar-refractivity contribution >= 4 is 11.9 Å². The second-order valence-corrected chi connectivity index (χ2v) is 13.3. The topological polar surface area (TPSA) is 72.8 Å². The lowest BCUT2D eigenvalue weighted by atomic mass is 10.1. The van der Waals surface area contributed by atoms with Crippen LogP contribution in [-0.2, 0) is 19.1 Å². The molecular formula is C43H76O5. The average molecular weight is 673 g/mol. The third kappa shape index (κ3) is 36.7. The maximum Gasteiger partial charge on any atom is 0.306 e. The van der Waals surface area contributed by atoms with Gasteiger partial charge in [0.2, 0.25) is 0 Å². The smallest absolute Gasteiger partial charge is 0.306 e. The van der Waals surface area contributed by atoms with Crippen molar-refractivity contribution in [1.29, 1.82) is 0 Å². The van der Waals surface area contributed by atoms with Gasteiger partial charge in [0, 0.05) is 12.8 Å². The standard InChI is InChI=1S/C43H76O5/c1-3-5-7-9-11-13-15-17-19-20-21-22-24-25-27-29-31-33-35-37-42(45)47-40-41(39-44)48-43(46)38-36-34-32-30-28-26-23-18-16-14-12-10-8-6-4-2/h6,8,12,14,17-19,23,41,44H,3-5,7,9-11,13,15-16,20-22,24-40H2,1-2H3/b8-6-,14-12-,19-17-,23-18-/t41-/m0/s1. The van der Waals surface area contributed by atoms with Crippen molar-refractivity contribution in [3.8, 4) is 0 Å². The van der Waals surface area contributed by atoms with Crippen LogP contribution < -0.4 is 0 Å². The van der Waals surface area contributed by atoms with Crippen molar-refractivity contribution in [2.75, 3.05) is 13.2 Å². The number of rotatable bonds is 36. The molecule has 0 unspecified atom stereocenters. The summed E-state index contributed by atoms with van der Waals surface area (Å²) < 4.78 is 10.6. The normalized spacial score (nSPS) is 12.6. The van der Waals surface area contributed by atoms with Crippen LogP contribution in [0.4, 0.5) is 0 Å². The van der Waals surface area contributed by atoms with E-state index >= 15 is 0 Å². The zero-order chi connectivity index (χ0) is 35.0. The molecule has 0 aromatic heterocycles. The zero-order valence-electron chi connectivity index (χ0n) is 31.5. The number of aliphatic hydroxyl groups excluding tert-OH is 1. The number of esters is 2. The molecule has 0 spiro atoms. The van der Waals surface area contributed by atoms with E-state index in [2.05, 4.69) is 62.5 Å². The molecule has 0 bridgehead atoms. The predicted molar refractivity (Wildman–Crippen MR) is 205 cm³/mol. The van der Waals surface area contributed by atoms with Crippen LogP contribution in [0, 0.1) is 0 Å². The molecule has 0 aliphatic rings. The quantitative estimate of drug-likeness (QED) is 0.0407. The second kappa shape index (κ2) is 39.3. The number of aliphatic hydroxyl groups is 1. The van der Waals surface area contributed by atoms with Crippen molar-refractivity contribution in [2.45, 2.75) is 200 Å². The summed E-state index contributed by atoms with van der Waals surface area (Å²) in [5, 5.41) is 9.55. The van der Waals surface area contributed by atoms with E-state index in [0.717, 1.165) is 70.6 Å². The highest BCUT2D eigenvalue weighted by molar-refractivity contribution is 5.70. The van der Waals surface area contributed by atoms with E-state index in [1.54, 1.807) is 0 Å². The van der Waals surface area contributed by atoms with Gasteiger partial charge in [-0.2, -0.15) is 0 Å². The molecule has 1 atom stereocenters. The number of ether oxygens (including phenoxy) is 2. The minimum atomic E-state index is -0.781. The van der Waals surface area contributed by atoms with Crippen LogP contribution in [0.2, 0.25) is 0 Å². The molecule has 0 aromatic carbocycles. The molecule has 5 heteroatoms. The van der Waals surface area contributed by atoms with Crippen molar-refractivity contribution < 1.29 is 24.2 Å². The third-order valence-corrected chi connectivity index (χ3v) is 8.61. The summed E-state index contributed by atoms with van der Waals surface area (Å²) in [4.78, 5) is 24.3. The van der Waals surface area contributed by atoms with Gasteiger partial charge in [0.15, 0.2) is 6.10 Å². The average Bonchev–Trinajstić information content (AvgIpc) is 3.09. The largest absolute Gasteiger partial charge is 0.462 e. The van der Waals surface area contributed by atoms with Gasteiger partial charge in [0.05, 0.1) is 6.61 Å². The molecule has 0 rings (SSSR count). The monoisotopic (exact) mass is 673 g/mol.